The third-order valence-corrected chi connectivity index (χ3v) is 2.34. The number of nitrogens with two attached hydrogens (primary N) is 1. The number of unbranched alkanes of at least 4 members (excludes halogenated alkanes) is 4. The molecular weight excluding hydrogens is 190 g/mol. The average Bonchev–Trinajstić information content (AvgIpc) is 2.08. The molecule has 2 N–H and O–H groups in total. The summed E-state index contributed by atoms with van der Waals surface area (Å²) in [4.78, 5) is 10.7. The number of carbonyl (C=O) groups excluding carboxylic acids is 1. The van der Waals surface area contributed by atoms with Gasteiger partial charge in [0, 0.05) is 6.61 Å². The first-order valence-corrected chi connectivity index (χ1v) is 5.90. The molecule has 0 radical (unpaired) electrons. The maximum absolute atomic E-state index is 10.7. The first-order valence-electron chi connectivity index (χ1n) is 5.90. The van der Waals surface area contributed by atoms with Crippen LogP contribution >= 0.6 is 0 Å². The number of primary amides is 1. The van der Waals surface area contributed by atoms with Crippen LogP contribution in [0.2, 0.25) is 0 Å². The maximum atomic E-state index is 10.7. The van der Waals surface area contributed by atoms with Crippen LogP contribution in [0, 0.1) is 0 Å². The highest BCUT2D eigenvalue weighted by molar-refractivity contribution is 5.74. The predicted octanol–water partition coefficient (Wildman–Crippen LogP) is 2.63. The molecule has 1 amide bonds. The minimum Gasteiger partial charge on any atom is -0.375 e. The van der Waals surface area contributed by atoms with E-state index in [2.05, 4.69) is 6.92 Å². The van der Waals surface area contributed by atoms with Gasteiger partial charge >= 0.3 is 0 Å². The Morgan fingerprint density at radius 1 is 1.20 bits per heavy atom. The Bertz CT molecular complexity index is 178. The molecule has 0 aromatic rings. The highest BCUT2D eigenvalue weighted by Gasteiger charge is 2.20. The fraction of sp³-hybridized carbons (Fsp3) is 0.917. The Kier molecular flexibility index (Phi) is 7.39. The Morgan fingerprint density at radius 2 is 1.80 bits per heavy atom. The lowest BCUT2D eigenvalue weighted by Gasteiger charge is -2.23. The van der Waals surface area contributed by atoms with Crippen LogP contribution in [0.4, 0.5) is 0 Å². The second-order valence-corrected chi connectivity index (χ2v) is 4.67. The topological polar surface area (TPSA) is 52.3 Å². The lowest BCUT2D eigenvalue weighted by Crippen LogP contribution is -2.31. The summed E-state index contributed by atoms with van der Waals surface area (Å²) in [5, 5.41) is 0. The molecule has 0 saturated heterocycles. The third-order valence-electron chi connectivity index (χ3n) is 2.34. The fourth-order valence-corrected chi connectivity index (χ4v) is 1.52. The van der Waals surface area contributed by atoms with Gasteiger partial charge in [-0.05, 0) is 20.3 Å². The third kappa shape index (κ3) is 9.73. The average molecular weight is 215 g/mol. The van der Waals surface area contributed by atoms with Crippen molar-refractivity contribution in [3.05, 3.63) is 0 Å². The largest absolute Gasteiger partial charge is 0.375 e. The smallest absolute Gasteiger partial charge is 0.220 e. The van der Waals surface area contributed by atoms with Gasteiger partial charge in [-0.25, -0.2) is 0 Å². The van der Waals surface area contributed by atoms with Crippen LogP contribution < -0.4 is 5.73 Å². The van der Waals surface area contributed by atoms with Gasteiger partial charge in [0.05, 0.1) is 12.0 Å². The van der Waals surface area contributed by atoms with Crippen LogP contribution in [-0.2, 0) is 9.53 Å². The van der Waals surface area contributed by atoms with Crippen molar-refractivity contribution in [3.63, 3.8) is 0 Å². The van der Waals surface area contributed by atoms with Crippen LogP contribution in [0.15, 0.2) is 0 Å². The van der Waals surface area contributed by atoms with Crippen LogP contribution in [0.5, 0.6) is 0 Å². The first kappa shape index (κ1) is 14.4. The van der Waals surface area contributed by atoms with Gasteiger partial charge in [0.15, 0.2) is 0 Å². The summed E-state index contributed by atoms with van der Waals surface area (Å²) in [6.07, 6.45) is 6.40. The highest BCUT2D eigenvalue weighted by Crippen LogP contribution is 2.15. The molecule has 0 aromatic carbocycles. The molecule has 0 fully saturated rings. The lowest BCUT2D eigenvalue weighted by molar-refractivity contribution is -0.124. The highest BCUT2D eigenvalue weighted by atomic mass is 16.5. The molecule has 0 aliphatic heterocycles. The van der Waals surface area contributed by atoms with Crippen molar-refractivity contribution in [1.29, 1.82) is 0 Å². The van der Waals surface area contributed by atoms with E-state index in [1.165, 1.54) is 25.7 Å². The standard InChI is InChI=1S/C12H25NO2/c1-4-5-6-7-8-9-15-12(2,3)10-11(13)14/h4-10H2,1-3H3,(H2,13,14). The number of hydrogen-bond donors (Lipinski definition) is 1. The van der Waals surface area contributed by atoms with E-state index in [0.29, 0.717) is 6.42 Å². The van der Waals surface area contributed by atoms with E-state index in [9.17, 15) is 4.79 Å². The van der Waals surface area contributed by atoms with Gasteiger partial charge in [0.1, 0.15) is 0 Å². The van der Waals surface area contributed by atoms with Gasteiger partial charge < -0.3 is 10.5 Å². The summed E-state index contributed by atoms with van der Waals surface area (Å²) in [7, 11) is 0. The van der Waals surface area contributed by atoms with Gasteiger partial charge in [-0.1, -0.05) is 32.6 Å². The predicted molar refractivity (Wildman–Crippen MR) is 62.6 cm³/mol. The monoisotopic (exact) mass is 215 g/mol. The zero-order chi connectivity index (χ0) is 11.7. The van der Waals surface area contributed by atoms with E-state index in [1.807, 2.05) is 13.8 Å². The zero-order valence-corrected chi connectivity index (χ0v) is 10.3. The quantitative estimate of drug-likeness (QED) is 0.601. The maximum Gasteiger partial charge on any atom is 0.220 e. The van der Waals surface area contributed by atoms with Crippen LogP contribution in [0.25, 0.3) is 0 Å². The van der Waals surface area contributed by atoms with E-state index in [1.54, 1.807) is 0 Å². The number of carbonyl (C=O) groups is 1. The molecule has 0 heterocycles. The molecule has 0 aromatic heterocycles. The summed E-state index contributed by atoms with van der Waals surface area (Å²) < 4.78 is 5.62. The van der Waals surface area contributed by atoms with Gasteiger partial charge in [-0.2, -0.15) is 0 Å². The van der Waals surface area contributed by atoms with Gasteiger partial charge in [0.2, 0.25) is 5.91 Å². The van der Waals surface area contributed by atoms with Gasteiger partial charge in [-0.3, -0.25) is 4.79 Å². The van der Waals surface area contributed by atoms with Crippen LogP contribution in [-0.4, -0.2) is 18.1 Å². The molecule has 0 bridgehead atoms. The lowest BCUT2D eigenvalue weighted by atomic mass is 10.0. The van der Waals surface area contributed by atoms with Crippen molar-refractivity contribution in [2.45, 2.75) is 64.9 Å². The summed E-state index contributed by atoms with van der Waals surface area (Å²) >= 11 is 0. The van der Waals surface area contributed by atoms with Gasteiger partial charge in [-0.15, -0.1) is 0 Å². The van der Waals surface area contributed by atoms with Crippen molar-refractivity contribution in [2.24, 2.45) is 5.73 Å². The Morgan fingerprint density at radius 3 is 2.33 bits per heavy atom. The molecule has 0 spiro atoms. The van der Waals surface area contributed by atoms with E-state index >= 15 is 0 Å². The van der Waals surface area contributed by atoms with Crippen molar-refractivity contribution in [1.82, 2.24) is 0 Å². The second kappa shape index (κ2) is 7.69. The molecule has 0 saturated carbocycles. The number of ether oxygens (including phenoxy) is 1. The summed E-state index contributed by atoms with van der Waals surface area (Å²) in [5.74, 6) is -0.300. The van der Waals surface area contributed by atoms with Crippen molar-refractivity contribution >= 4 is 5.91 Å². The molecule has 0 rings (SSSR count). The number of hydrogen-bond acceptors (Lipinski definition) is 2. The minimum atomic E-state index is -0.406. The Labute approximate surface area is 93.4 Å². The molecule has 3 heteroatoms. The summed E-state index contributed by atoms with van der Waals surface area (Å²) in [6.45, 7) is 6.74. The molecule has 0 aliphatic carbocycles. The van der Waals surface area contributed by atoms with E-state index in [4.69, 9.17) is 10.5 Å². The van der Waals surface area contributed by atoms with Crippen molar-refractivity contribution < 1.29 is 9.53 Å². The van der Waals surface area contributed by atoms with E-state index < -0.39 is 5.60 Å². The number of rotatable bonds is 9. The minimum absolute atomic E-state index is 0.294. The molecule has 15 heavy (non-hydrogen) atoms. The second-order valence-electron chi connectivity index (χ2n) is 4.67. The van der Waals surface area contributed by atoms with Crippen molar-refractivity contribution in [2.75, 3.05) is 6.61 Å². The zero-order valence-electron chi connectivity index (χ0n) is 10.3. The van der Waals surface area contributed by atoms with Crippen LogP contribution in [0.1, 0.15) is 59.3 Å². The molecule has 90 valence electrons. The SMILES string of the molecule is CCCCCCCOC(C)(C)CC(N)=O. The fourth-order valence-electron chi connectivity index (χ4n) is 1.52. The Hall–Kier alpha value is -0.570. The molecule has 3 nitrogen and oxygen atoms in total. The molecule has 0 unspecified atom stereocenters. The van der Waals surface area contributed by atoms with E-state index in [0.717, 1.165) is 13.0 Å². The summed E-state index contributed by atoms with van der Waals surface area (Å²) in [5.41, 5.74) is 4.72. The first-order chi connectivity index (χ1) is 6.98. The Balaban J connectivity index is 3.44. The van der Waals surface area contributed by atoms with E-state index in [-0.39, 0.29) is 5.91 Å². The summed E-state index contributed by atoms with van der Waals surface area (Å²) in [6, 6.07) is 0. The van der Waals surface area contributed by atoms with Crippen molar-refractivity contribution in [3.8, 4) is 0 Å². The molecule has 0 aliphatic rings. The van der Waals surface area contributed by atoms with Gasteiger partial charge in [0.25, 0.3) is 0 Å². The number of amides is 1. The normalized spacial score (nSPS) is 11.7. The molecule has 0 atom stereocenters. The van der Waals surface area contributed by atoms with Crippen LogP contribution in [0.3, 0.4) is 0 Å². The molecular formula is C12H25NO2.